The topological polar surface area (TPSA) is 132 Å². The summed E-state index contributed by atoms with van der Waals surface area (Å²) in [4.78, 5) is 22.4. The smallest absolute Gasteiger partial charge is 0.457 e. The second-order valence-electron chi connectivity index (χ2n) is 12.2. The minimum atomic E-state index is -4.50. The molecule has 0 saturated carbocycles. The van der Waals surface area contributed by atoms with Gasteiger partial charge in [-0.25, -0.2) is 4.57 Å². The molecule has 3 atom stereocenters. The third kappa shape index (κ3) is 32.9. The van der Waals surface area contributed by atoms with E-state index in [0.29, 0.717) is 6.61 Å². The van der Waals surface area contributed by atoms with Crippen LogP contribution < -0.4 is 0 Å². The number of aliphatic hydroxyl groups excluding tert-OH is 2. The number of phosphoric acid groups is 1. The van der Waals surface area contributed by atoms with E-state index in [0.717, 1.165) is 51.4 Å². The van der Waals surface area contributed by atoms with Gasteiger partial charge in [-0.3, -0.25) is 13.8 Å². The monoisotopic (exact) mass is 676 g/mol. The molecule has 0 aromatic carbocycles. The predicted molar refractivity (Wildman–Crippen MR) is 187 cm³/mol. The average Bonchev–Trinajstić information content (AvgIpc) is 3.04. The lowest BCUT2D eigenvalue weighted by Gasteiger charge is -2.20. The molecule has 3 N–H and O–H groups in total. The van der Waals surface area contributed by atoms with E-state index in [9.17, 15) is 19.4 Å². The van der Waals surface area contributed by atoms with Gasteiger partial charge in [0, 0.05) is 13.0 Å². The van der Waals surface area contributed by atoms with Crippen molar-refractivity contribution in [3.63, 3.8) is 0 Å². The highest BCUT2D eigenvalue weighted by molar-refractivity contribution is 7.47. The maximum Gasteiger partial charge on any atom is 0.472 e. The maximum atomic E-state index is 12.5. The van der Waals surface area contributed by atoms with Crippen LogP contribution in [0.15, 0.2) is 24.3 Å². The van der Waals surface area contributed by atoms with Crippen LogP contribution in [-0.4, -0.2) is 66.3 Å². The van der Waals surface area contributed by atoms with Gasteiger partial charge in [0.05, 0.1) is 26.4 Å². The van der Waals surface area contributed by atoms with Crippen molar-refractivity contribution in [1.82, 2.24) is 0 Å². The molecule has 272 valence electrons. The lowest BCUT2D eigenvalue weighted by Crippen LogP contribution is -2.29. The number of unbranched alkanes of at least 4 members (excludes halogenated alkanes) is 17. The molecule has 10 heteroatoms. The van der Waals surface area contributed by atoms with Crippen molar-refractivity contribution in [3.8, 4) is 0 Å². The van der Waals surface area contributed by atoms with Crippen LogP contribution >= 0.6 is 7.82 Å². The fraction of sp³-hybridized carbons (Fsp3) is 0.861. The summed E-state index contributed by atoms with van der Waals surface area (Å²) in [6.45, 7) is 3.44. The largest absolute Gasteiger partial charge is 0.472 e. The van der Waals surface area contributed by atoms with E-state index in [4.69, 9.17) is 23.6 Å². The van der Waals surface area contributed by atoms with Crippen LogP contribution in [0, 0.1) is 0 Å². The number of rotatable bonds is 35. The molecule has 0 fully saturated rings. The van der Waals surface area contributed by atoms with Gasteiger partial charge in [0.2, 0.25) is 0 Å². The van der Waals surface area contributed by atoms with Crippen LogP contribution in [0.3, 0.4) is 0 Å². The molecule has 0 spiro atoms. The highest BCUT2D eigenvalue weighted by atomic mass is 31.2. The molecule has 0 rings (SSSR count). The lowest BCUT2D eigenvalue weighted by atomic mass is 10.1. The molecule has 0 bridgehead atoms. The molecule has 46 heavy (non-hydrogen) atoms. The summed E-state index contributed by atoms with van der Waals surface area (Å²) >= 11 is 0. The first-order valence-electron chi connectivity index (χ1n) is 18.3. The van der Waals surface area contributed by atoms with Gasteiger partial charge in [0.1, 0.15) is 12.2 Å². The van der Waals surface area contributed by atoms with Crippen molar-refractivity contribution < 1.29 is 43.0 Å². The second kappa shape index (κ2) is 33.8. The van der Waals surface area contributed by atoms with Gasteiger partial charge < -0.3 is 24.6 Å². The third-order valence-corrected chi connectivity index (χ3v) is 8.59. The molecule has 0 aliphatic rings. The zero-order valence-corrected chi connectivity index (χ0v) is 30.2. The number of hydrogen-bond acceptors (Lipinski definition) is 8. The van der Waals surface area contributed by atoms with Crippen molar-refractivity contribution in [1.29, 1.82) is 0 Å². The minimum absolute atomic E-state index is 0.0447. The van der Waals surface area contributed by atoms with Gasteiger partial charge in [0.25, 0.3) is 0 Å². The Bertz CT molecular complexity index is 775. The molecule has 0 amide bonds. The Morgan fingerprint density at radius 3 is 1.78 bits per heavy atom. The molecule has 0 saturated heterocycles. The molecule has 3 unspecified atom stereocenters. The zero-order chi connectivity index (χ0) is 34.0. The van der Waals surface area contributed by atoms with Crippen LogP contribution in [0.4, 0.5) is 0 Å². The number of aliphatic hydroxyl groups is 2. The number of carbonyl (C=O) groups is 1. The molecule has 9 nitrogen and oxygen atoms in total. The first-order chi connectivity index (χ1) is 22.3. The molecular weight excluding hydrogens is 607 g/mol. The van der Waals surface area contributed by atoms with Gasteiger partial charge in [-0.1, -0.05) is 128 Å². The molecule has 0 aliphatic heterocycles. The van der Waals surface area contributed by atoms with Crippen molar-refractivity contribution in [2.24, 2.45) is 0 Å². The highest BCUT2D eigenvalue weighted by Gasteiger charge is 2.26. The summed E-state index contributed by atoms with van der Waals surface area (Å²) in [6.07, 6.45) is 31.4. The number of carbonyl (C=O) groups excluding carboxylic acids is 1. The quantitative estimate of drug-likeness (QED) is 0.0260. The summed E-state index contributed by atoms with van der Waals surface area (Å²) in [6, 6.07) is 0. The molecular formula is C36H69O9P. The number of ether oxygens (including phenoxy) is 2. The van der Waals surface area contributed by atoms with Crippen LogP contribution in [0.1, 0.15) is 155 Å². The van der Waals surface area contributed by atoms with E-state index in [1.807, 2.05) is 0 Å². The second-order valence-corrected chi connectivity index (χ2v) is 13.7. The van der Waals surface area contributed by atoms with Crippen LogP contribution in [0.5, 0.6) is 0 Å². The van der Waals surface area contributed by atoms with Gasteiger partial charge >= 0.3 is 13.8 Å². The maximum absolute atomic E-state index is 12.5. The first kappa shape index (κ1) is 44.9. The van der Waals surface area contributed by atoms with Gasteiger partial charge in [-0.05, 0) is 44.9 Å². The van der Waals surface area contributed by atoms with Crippen molar-refractivity contribution in [3.05, 3.63) is 24.3 Å². The summed E-state index contributed by atoms with van der Waals surface area (Å²) in [5.74, 6) is -0.391. The summed E-state index contributed by atoms with van der Waals surface area (Å²) in [5, 5.41) is 18.2. The SMILES string of the molecule is CCCCC/C=C\C/C=C\CCCCCCCCOCC(COP(=O)(O)OCC(O)CO)OC(=O)CCCCCCCCCCC. The summed E-state index contributed by atoms with van der Waals surface area (Å²) in [7, 11) is -4.50. The molecule has 0 aromatic heterocycles. The van der Waals surface area contributed by atoms with E-state index < -0.39 is 39.2 Å². The van der Waals surface area contributed by atoms with Crippen molar-refractivity contribution in [2.75, 3.05) is 33.0 Å². The van der Waals surface area contributed by atoms with Crippen molar-refractivity contribution in [2.45, 2.75) is 167 Å². The minimum Gasteiger partial charge on any atom is -0.457 e. The van der Waals surface area contributed by atoms with Crippen LogP contribution in [-0.2, 0) is 27.9 Å². The van der Waals surface area contributed by atoms with E-state index in [1.165, 1.54) is 83.5 Å². The molecule has 0 aliphatic carbocycles. The standard InChI is InChI=1S/C36H69O9P/c1-3-5-7-9-11-13-14-15-16-17-18-19-21-23-25-27-29-42-32-35(33-44-46(40,41)43-31-34(38)30-37)45-36(39)28-26-24-22-20-12-10-8-6-4-2/h11,13,15-16,34-35,37-38H,3-10,12,14,17-33H2,1-2H3,(H,40,41)/b13-11-,16-15-. The Labute approximate surface area is 281 Å². The van der Waals surface area contributed by atoms with Crippen LogP contribution in [0.25, 0.3) is 0 Å². The summed E-state index contributed by atoms with van der Waals surface area (Å²) < 4.78 is 33.1. The Morgan fingerprint density at radius 2 is 1.17 bits per heavy atom. The van der Waals surface area contributed by atoms with E-state index in [2.05, 4.69) is 38.2 Å². The molecule has 0 aromatic rings. The van der Waals surface area contributed by atoms with Gasteiger partial charge in [-0.2, -0.15) is 0 Å². The molecule has 0 radical (unpaired) electrons. The normalized spacial score (nSPS) is 14.6. The average molecular weight is 677 g/mol. The zero-order valence-electron chi connectivity index (χ0n) is 29.3. The number of allylic oxidation sites excluding steroid dienone is 4. The first-order valence-corrected chi connectivity index (χ1v) is 19.8. The lowest BCUT2D eigenvalue weighted by molar-refractivity contribution is -0.154. The number of esters is 1. The summed E-state index contributed by atoms with van der Waals surface area (Å²) in [5.41, 5.74) is 0. The van der Waals surface area contributed by atoms with Gasteiger partial charge in [-0.15, -0.1) is 0 Å². The van der Waals surface area contributed by atoms with E-state index in [1.54, 1.807) is 0 Å². The Hall–Kier alpha value is -1.06. The highest BCUT2D eigenvalue weighted by Crippen LogP contribution is 2.43. The van der Waals surface area contributed by atoms with Crippen molar-refractivity contribution >= 4 is 13.8 Å². The van der Waals surface area contributed by atoms with Gasteiger partial charge in [0.15, 0.2) is 0 Å². The van der Waals surface area contributed by atoms with E-state index >= 15 is 0 Å². The Morgan fingerprint density at radius 1 is 0.674 bits per heavy atom. The molecule has 0 heterocycles. The predicted octanol–water partition coefficient (Wildman–Crippen LogP) is 9.14. The fourth-order valence-corrected chi connectivity index (χ4v) is 5.59. The van der Waals surface area contributed by atoms with E-state index in [-0.39, 0.29) is 19.6 Å². The third-order valence-electron chi connectivity index (χ3n) is 7.64. The number of phosphoric ester groups is 1. The number of hydrogen-bond donors (Lipinski definition) is 3. The fourth-order valence-electron chi connectivity index (χ4n) is 4.80. The van der Waals surface area contributed by atoms with Crippen LogP contribution in [0.2, 0.25) is 0 Å². The Kier molecular flexibility index (Phi) is 33.0. The Balaban J connectivity index is 4.22.